The van der Waals surface area contributed by atoms with Crippen molar-refractivity contribution in [3.8, 4) is 28.7 Å². The van der Waals surface area contributed by atoms with Gasteiger partial charge in [-0.3, -0.25) is 0 Å². The van der Waals surface area contributed by atoms with Crippen molar-refractivity contribution in [2.45, 2.75) is 105 Å². The number of para-hydroxylation sites is 1. The van der Waals surface area contributed by atoms with Crippen molar-refractivity contribution in [1.82, 2.24) is 4.57 Å². The quantitative estimate of drug-likeness (QED) is 0.165. The van der Waals surface area contributed by atoms with Gasteiger partial charge in [-0.25, -0.2) is 0 Å². The van der Waals surface area contributed by atoms with Crippen LogP contribution in [0.3, 0.4) is 0 Å². The topological polar surface area (TPSA) is 39.8 Å². The summed E-state index contributed by atoms with van der Waals surface area (Å²) in [6.45, 7) is 27.1. The van der Waals surface area contributed by atoms with E-state index in [0.29, 0.717) is 0 Å². The summed E-state index contributed by atoms with van der Waals surface area (Å²) in [7, 11) is 0. The second-order valence-corrected chi connectivity index (χ2v) is 23.9. The van der Waals surface area contributed by atoms with E-state index in [4.69, 9.17) is 13.9 Å². The molecule has 2 aliphatic rings. The molecule has 0 amide bonds. The van der Waals surface area contributed by atoms with E-state index in [0.717, 1.165) is 95.1 Å². The van der Waals surface area contributed by atoms with Crippen LogP contribution in [0.5, 0.6) is 23.0 Å². The molecular formula is C64H61BN2O3. The molecule has 0 saturated heterocycles. The van der Waals surface area contributed by atoms with E-state index in [1.54, 1.807) is 0 Å². The Hall–Kier alpha value is -7.18. The van der Waals surface area contributed by atoms with Crippen LogP contribution in [0.15, 0.2) is 156 Å². The van der Waals surface area contributed by atoms with Gasteiger partial charge in [-0.15, -0.1) is 0 Å². The molecule has 5 nitrogen and oxygen atoms in total. The third-order valence-corrected chi connectivity index (χ3v) is 15.0. The Morgan fingerprint density at radius 1 is 0.414 bits per heavy atom. The summed E-state index contributed by atoms with van der Waals surface area (Å²) in [6.07, 6.45) is 0. The van der Waals surface area contributed by atoms with Gasteiger partial charge in [0.1, 0.15) is 28.5 Å². The molecule has 6 heteroatoms. The lowest BCUT2D eigenvalue weighted by Crippen LogP contribution is -2.57. The number of aromatic nitrogens is 1. The minimum absolute atomic E-state index is 0.0327. The van der Waals surface area contributed by atoms with Gasteiger partial charge in [0.2, 0.25) is 0 Å². The number of hydrogen-bond donors (Lipinski definition) is 0. The van der Waals surface area contributed by atoms with E-state index >= 15 is 0 Å². The van der Waals surface area contributed by atoms with Crippen LogP contribution in [0.25, 0.3) is 49.4 Å². The summed E-state index contributed by atoms with van der Waals surface area (Å²) in [5.41, 5.74) is 16.3. The van der Waals surface area contributed by atoms with Crippen molar-refractivity contribution in [3.05, 3.63) is 174 Å². The average molecular weight is 917 g/mol. The molecule has 348 valence electrons. The Morgan fingerprint density at radius 3 is 1.49 bits per heavy atom. The molecule has 0 spiro atoms. The van der Waals surface area contributed by atoms with Gasteiger partial charge < -0.3 is 23.4 Å². The fraction of sp³-hybridized carbons (Fsp3) is 0.250. The minimum atomic E-state index is -0.191. The third-order valence-electron chi connectivity index (χ3n) is 15.0. The van der Waals surface area contributed by atoms with E-state index in [9.17, 15) is 0 Å². The molecule has 0 aliphatic carbocycles. The molecule has 0 fully saturated rings. The first-order chi connectivity index (χ1) is 33.2. The van der Waals surface area contributed by atoms with Crippen LogP contribution < -0.4 is 30.8 Å². The number of benzene rings is 8. The molecule has 12 rings (SSSR count). The van der Waals surface area contributed by atoms with Gasteiger partial charge in [-0.2, -0.15) is 0 Å². The Labute approximate surface area is 412 Å². The van der Waals surface area contributed by atoms with Crippen molar-refractivity contribution >= 4 is 83.9 Å². The zero-order valence-corrected chi connectivity index (χ0v) is 42.6. The predicted molar refractivity (Wildman–Crippen MR) is 295 cm³/mol. The summed E-state index contributed by atoms with van der Waals surface area (Å²) in [4.78, 5) is 2.35. The second-order valence-electron chi connectivity index (χ2n) is 23.9. The SMILES string of the molecule is CC(C)(C)c1ccc(N(c2ccc(C(C)(C)C)cc2)c2ccc3c(c2)Oc2cccc4c2B3c2cc3c(oc5ccccc53)c(-n3c5ccc(C(C)(C)C)cc5c5cc(C(C)(C)C)ccc53)c2O4)cc1. The zero-order chi connectivity index (χ0) is 48.8. The van der Waals surface area contributed by atoms with Crippen molar-refractivity contribution in [3.63, 3.8) is 0 Å². The van der Waals surface area contributed by atoms with Crippen LogP contribution >= 0.6 is 0 Å². The molecule has 0 bridgehead atoms. The molecule has 0 saturated carbocycles. The lowest BCUT2D eigenvalue weighted by Gasteiger charge is -2.35. The number of nitrogens with zero attached hydrogens (tertiary/aromatic N) is 2. The smallest absolute Gasteiger partial charge is 0.260 e. The monoisotopic (exact) mass is 916 g/mol. The molecule has 10 aromatic rings. The number of fused-ring (bicyclic) bond motifs is 10. The van der Waals surface area contributed by atoms with Crippen LogP contribution in [0.2, 0.25) is 0 Å². The van der Waals surface area contributed by atoms with E-state index in [-0.39, 0.29) is 28.4 Å². The Kier molecular flexibility index (Phi) is 9.54. The Morgan fingerprint density at radius 2 is 0.929 bits per heavy atom. The van der Waals surface area contributed by atoms with Crippen LogP contribution in [0.1, 0.15) is 105 Å². The first-order valence-electron chi connectivity index (χ1n) is 24.9. The van der Waals surface area contributed by atoms with Crippen LogP contribution in [0.4, 0.5) is 17.1 Å². The van der Waals surface area contributed by atoms with Gasteiger partial charge in [-0.05, 0) is 128 Å². The maximum Gasteiger partial charge on any atom is 0.260 e. The number of anilines is 3. The summed E-state index contributed by atoms with van der Waals surface area (Å²) in [5, 5.41) is 4.54. The molecule has 4 heterocycles. The highest BCUT2D eigenvalue weighted by atomic mass is 16.5. The summed E-state index contributed by atoms with van der Waals surface area (Å²) >= 11 is 0. The van der Waals surface area contributed by atoms with Crippen LogP contribution in [0, 0.1) is 0 Å². The lowest BCUT2D eigenvalue weighted by atomic mass is 9.34. The van der Waals surface area contributed by atoms with Crippen molar-refractivity contribution in [2.75, 3.05) is 4.90 Å². The maximum atomic E-state index is 7.33. The highest BCUT2D eigenvalue weighted by molar-refractivity contribution is 6.98. The van der Waals surface area contributed by atoms with E-state index in [2.05, 4.69) is 238 Å². The van der Waals surface area contributed by atoms with Gasteiger partial charge >= 0.3 is 0 Å². The molecule has 0 atom stereocenters. The van der Waals surface area contributed by atoms with Gasteiger partial charge in [0, 0.05) is 50.1 Å². The van der Waals surface area contributed by atoms with Gasteiger partial charge in [0.15, 0.2) is 11.3 Å². The molecule has 0 radical (unpaired) electrons. The largest absolute Gasteiger partial charge is 0.458 e. The number of hydrogen-bond acceptors (Lipinski definition) is 4. The van der Waals surface area contributed by atoms with Gasteiger partial charge in [0.05, 0.1) is 11.0 Å². The molecule has 2 aromatic heterocycles. The van der Waals surface area contributed by atoms with Crippen molar-refractivity contribution in [2.24, 2.45) is 0 Å². The number of furan rings is 1. The molecule has 0 N–H and O–H groups in total. The average Bonchev–Trinajstić information content (AvgIpc) is 3.85. The fourth-order valence-corrected chi connectivity index (χ4v) is 10.9. The summed E-state index contributed by atoms with van der Waals surface area (Å²) in [6, 6.07) is 55.8. The number of ether oxygens (including phenoxy) is 2. The molecule has 70 heavy (non-hydrogen) atoms. The second kappa shape index (κ2) is 15.2. The molecule has 2 aliphatic heterocycles. The van der Waals surface area contributed by atoms with Crippen LogP contribution in [-0.4, -0.2) is 11.3 Å². The van der Waals surface area contributed by atoms with E-state index in [1.807, 2.05) is 6.07 Å². The normalized spacial score (nSPS) is 13.6. The predicted octanol–water partition coefficient (Wildman–Crippen LogP) is 16.1. The standard InChI is InChI=1S/C64H61BN2O3/c1-61(2,3)38-20-26-42(27-21-38)66(43-28-22-39(23-29-43)62(4,5)6)44-30-31-49-56(36-44)68-54-18-15-19-55-57(54)65(49)50-37-48-45-16-13-14-17-53(45)69-59(48)58(60(50)70-55)67-51-32-24-40(63(7,8)9)34-46(51)47-35-41(64(10,11)12)25-33-52(47)67/h13-37H,1-12H3. The lowest BCUT2D eigenvalue weighted by molar-refractivity contribution is 0.463. The Balaban J connectivity index is 1.11. The van der Waals surface area contributed by atoms with E-state index < -0.39 is 0 Å². The van der Waals surface area contributed by atoms with Gasteiger partial charge in [-0.1, -0.05) is 156 Å². The molecular weight excluding hydrogens is 856 g/mol. The first kappa shape index (κ1) is 44.1. The highest BCUT2D eigenvalue weighted by Gasteiger charge is 2.43. The van der Waals surface area contributed by atoms with Gasteiger partial charge in [0.25, 0.3) is 6.71 Å². The summed E-state index contributed by atoms with van der Waals surface area (Å²) in [5.74, 6) is 3.19. The zero-order valence-electron chi connectivity index (χ0n) is 42.6. The number of rotatable bonds is 4. The van der Waals surface area contributed by atoms with Crippen molar-refractivity contribution < 1.29 is 13.9 Å². The minimum Gasteiger partial charge on any atom is -0.458 e. The fourth-order valence-electron chi connectivity index (χ4n) is 10.9. The molecule has 0 unspecified atom stereocenters. The van der Waals surface area contributed by atoms with Crippen LogP contribution in [-0.2, 0) is 21.7 Å². The molecule has 8 aromatic carbocycles. The Bertz CT molecular complexity index is 3620. The maximum absolute atomic E-state index is 7.33. The van der Waals surface area contributed by atoms with Crippen molar-refractivity contribution in [1.29, 1.82) is 0 Å². The third kappa shape index (κ3) is 6.96. The van der Waals surface area contributed by atoms with E-state index in [1.165, 1.54) is 33.0 Å². The first-order valence-corrected chi connectivity index (χ1v) is 24.9. The summed E-state index contributed by atoms with van der Waals surface area (Å²) < 4.78 is 23.8. The highest BCUT2D eigenvalue weighted by Crippen LogP contribution is 2.47.